The molecule has 5 heteroatoms. The summed E-state index contributed by atoms with van der Waals surface area (Å²) in [4.78, 5) is 36.2. The summed E-state index contributed by atoms with van der Waals surface area (Å²) in [7, 11) is 0. The fourth-order valence-corrected chi connectivity index (χ4v) is 1.84. The molecule has 1 aliphatic heterocycles. The summed E-state index contributed by atoms with van der Waals surface area (Å²) in [5.41, 5.74) is 0. The van der Waals surface area contributed by atoms with Gasteiger partial charge in [-0.25, -0.2) is 0 Å². The lowest BCUT2D eigenvalue weighted by Gasteiger charge is -2.12. The molecule has 1 aliphatic rings. The van der Waals surface area contributed by atoms with Gasteiger partial charge in [0.1, 0.15) is 0 Å². The average Bonchev–Trinajstić information content (AvgIpc) is 2.90. The van der Waals surface area contributed by atoms with E-state index in [2.05, 4.69) is 0 Å². The zero-order chi connectivity index (χ0) is 12.6. The van der Waals surface area contributed by atoms with Crippen molar-refractivity contribution in [3.63, 3.8) is 0 Å². The van der Waals surface area contributed by atoms with E-state index in [4.69, 9.17) is 4.42 Å². The predicted octanol–water partition coefficient (Wildman–Crippen LogP) is 1.10. The lowest BCUT2D eigenvalue weighted by atomic mass is 10.00. The van der Waals surface area contributed by atoms with Crippen LogP contribution in [0, 0.1) is 11.8 Å². The van der Waals surface area contributed by atoms with Gasteiger partial charge in [0.15, 0.2) is 5.76 Å². The van der Waals surface area contributed by atoms with Gasteiger partial charge in [0.05, 0.1) is 12.8 Å². The third-order valence-corrected chi connectivity index (χ3v) is 3.16. The lowest BCUT2D eigenvalue weighted by molar-refractivity contribution is -0.139. The monoisotopic (exact) mass is 235 g/mol. The highest BCUT2D eigenvalue weighted by atomic mass is 16.3. The number of hydrogen-bond donors (Lipinski definition) is 0. The molecule has 0 spiro atoms. The summed E-state index contributed by atoms with van der Waals surface area (Å²) in [6, 6.07) is 3.10. The van der Waals surface area contributed by atoms with E-state index >= 15 is 0 Å². The van der Waals surface area contributed by atoms with E-state index in [1.807, 2.05) is 0 Å². The van der Waals surface area contributed by atoms with Crippen molar-refractivity contribution >= 4 is 17.6 Å². The van der Waals surface area contributed by atoms with E-state index in [1.165, 1.54) is 12.3 Å². The summed E-state index contributed by atoms with van der Waals surface area (Å²) in [6.07, 6.45) is 1.38. The molecular formula is C12H13NO4. The highest BCUT2D eigenvalue weighted by Gasteiger charge is 2.43. The number of furan rings is 1. The molecule has 0 radical (unpaired) electrons. The van der Waals surface area contributed by atoms with Crippen LogP contribution in [0.3, 0.4) is 0 Å². The van der Waals surface area contributed by atoms with Crippen LogP contribution >= 0.6 is 0 Å². The number of hydrogen-bond acceptors (Lipinski definition) is 4. The minimum absolute atomic E-state index is 0.165. The van der Waals surface area contributed by atoms with E-state index in [-0.39, 0.29) is 41.7 Å². The predicted molar refractivity (Wildman–Crippen MR) is 58.1 cm³/mol. The molecule has 90 valence electrons. The van der Waals surface area contributed by atoms with Gasteiger partial charge in [0, 0.05) is 11.8 Å². The Morgan fingerprint density at radius 3 is 2.35 bits per heavy atom. The number of nitrogens with zero attached hydrogens (tertiary/aromatic N) is 1. The van der Waals surface area contributed by atoms with Crippen LogP contribution < -0.4 is 0 Å². The lowest BCUT2D eigenvalue weighted by Crippen LogP contribution is -2.35. The van der Waals surface area contributed by atoms with Crippen LogP contribution in [0.1, 0.15) is 24.4 Å². The number of Topliss-reactive ketones (excluding diaryl/α,β-unsaturated/α-hetero) is 1. The third-order valence-electron chi connectivity index (χ3n) is 3.16. The maximum absolute atomic E-state index is 11.8. The highest BCUT2D eigenvalue weighted by Crippen LogP contribution is 2.25. The molecule has 0 bridgehead atoms. The van der Waals surface area contributed by atoms with Gasteiger partial charge in [0.2, 0.25) is 17.6 Å². The number of ketones is 1. The second kappa shape index (κ2) is 4.16. The maximum atomic E-state index is 11.8. The number of amides is 2. The Kier molecular flexibility index (Phi) is 2.83. The first-order valence-electron chi connectivity index (χ1n) is 5.44. The molecule has 0 N–H and O–H groups in total. The molecule has 0 aromatic carbocycles. The summed E-state index contributed by atoms with van der Waals surface area (Å²) >= 11 is 0. The topological polar surface area (TPSA) is 67.6 Å². The Morgan fingerprint density at radius 1 is 1.29 bits per heavy atom. The minimum Gasteiger partial charge on any atom is -0.461 e. The number of likely N-dealkylation sites (tertiary alicyclic amines) is 1. The van der Waals surface area contributed by atoms with Crippen LogP contribution in [0.4, 0.5) is 0 Å². The molecule has 2 amide bonds. The summed E-state index contributed by atoms with van der Waals surface area (Å²) in [5, 5.41) is 0. The SMILES string of the molecule is CC1C(=O)N(CC(=O)c2ccco2)C(=O)C1C. The van der Waals surface area contributed by atoms with Crippen molar-refractivity contribution in [2.24, 2.45) is 11.8 Å². The van der Waals surface area contributed by atoms with Gasteiger partial charge in [-0.3, -0.25) is 19.3 Å². The first-order valence-corrected chi connectivity index (χ1v) is 5.44. The molecule has 2 rings (SSSR count). The highest BCUT2D eigenvalue weighted by molar-refractivity contribution is 6.08. The summed E-state index contributed by atoms with van der Waals surface area (Å²) < 4.78 is 4.93. The maximum Gasteiger partial charge on any atom is 0.233 e. The largest absolute Gasteiger partial charge is 0.461 e. The van der Waals surface area contributed by atoms with Gasteiger partial charge in [-0.1, -0.05) is 13.8 Å². The third kappa shape index (κ3) is 1.88. The van der Waals surface area contributed by atoms with Gasteiger partial charge < -0.3 is 4.42 Å². The van der Waals surface area contributed by atoms with Crippen molar-refractivity contribution < 1.29 is 18.8 Å². The molecule has 1 saturated heterocycles. The number of rotatable bonds is 3. The van der Waals surface area contributed by atoms with Crippen molar-refractivity contribution in [3.05, 3.63) is 24.2 Å². The second-order valence-corrected chi connectivity index (χ2v) is 4.24. The van der Waals surface area contributed by atoms with Crippen molar-refractivity contribution in [1.82, 2.24) is 4.90 Å². The number of carbonyl (C=O) groups excluding carboxylic acids is 3. The zero-order valence-electron chi connectivity index (χ0n) is 9.67. The van der Waals surface area contributed by atoms with Gasteiger partial charge in [-0.15, -0.1) is 0 Å². The second-order valence-electron chi connectivity index (χ2n) is 4.24. The molecule has 17 heavy (non-hydrogen) atoms. The number of carbonyl (C=O) groups is 3. The van der Waals surface area contributed by atoms with Crippen molar-refractivity contribution in [1.29, 1.82) is 0 Å². The van der Waals surface area contributed by atoms with Gasteiger partial charge in [0.25, 0.3) is 0 Å². The Morgan fingerprint density at radius 2 is 1.88 bits per heavy atom. The van der Waals surface area contributed by atoms with E-state index in [1.54, 1.807) is 19.9 Å². The molecule has 1 aromatic rings. The molecular weight excluding hydrogens is 222 g/mol. The molecule has 2 unspecified atom stereocenters. The molecule has 5 nitrogen and oxygen atoms in total. The van der Waals surface area contributed by atoms with Crippen LogP contribution in [0.15, 0.2) is 22.8 Å². The summed E-state index contributed by atoms with van der Waals surface area (Å²) in [5.74, 6) is -1.49. The van der Waals surface area contributed by atoms with Crippen molar-refractivity contribution in [3.8, 4) is 0 Å². The van der Waals surface area contributed by atoms with Crippen LogP contribution in [0.5, 0.6) is 0 Å². The van der Waals surface area contributed by atoms with Crippen LogP contribution in [0.25, 0.3) is 0 Å². The van der Waals surface area contributed by atoms with Crippen molar-refractivity contribution in [2.45, 2.75) is 13.8 Å². The minimum atomic E-state index is -0.363. The fourth-order valence-electron chi connectivity index (χ4n) is 1.84. The normalized spacial score (nSPS) is 24.5. The van der Waals surface area contributed by atoms with Gasteiger partial charge in [-0.05, 0) is 12.1 Å². The van der Waals surface area contributed by atoms with E-state index in [9.17, 15) is 14.4 Å². The molecule has 0 aliphatic carbocycles. The molecule has 2 heterocycles. The number of imide groups is 1. The molecule has 1 fully saturated rings. The smallest absolute Gasteiger partial charge is 0.233 e. The van der Waals surface area contributed by atoms with Crippen LogP contribution in [0.2, 0.25) is 0 Å². The molecule has 2 atom stereocenters. The van der Waals surface area contributed by atoms with E-state index < -0.39 is 0 Å². The van der Waals surface area contributed by atoms with Crippen LogP contribution in [-0.2, 0) is 9.59 Å². The van der Waals surface area contributed by atoms with Crippen LogP contribution in [-0.4, -0.2) is 29.0 Å². The van der Waals surface area contributed by atoms with Gasteiger partial charge in [-0.2, -0.15) is 0 Å². The molecule has 1 aromatic heterocycles. The Labute approximate surface area is 98.4 Å². The average molecular weight is 235 g/mol. The first-order chi connectivity index (χ1) is 8.02. The first kappa shape index (κ1) is 11.6. The summed E-state index contributed by atoms with van der Waals surface area (Å²) in [6.45, 7) is 3.16. The van der Waals surface area contributed by atoms with E-state index in [0.717, 1.165) is 4.90 Å². The standard InChI is InChI=1S/C12H13NO4/c1-7-8(2)12(16)13(11(7)15)6-9(14)10-4-3-5-17-10/h3-5,7-8H,6H2,1-2H3. The quantitative estimate of drug-likeness (QED) is 0.581. The van der Waals surface area contributed by atoms with Crippen molar-refractivity contribution in [2.75, 3.05) is 6.54 Å². The molecule has 0 saturated carbocycles. The Balaban J connectivity index is 2.12. The zero-order valence-corrected chi connectivity index (χ0v) is 9.67. The Bertz CT molecular complexity index is 443. The fraction of sp³-hybridized carbons (Fsp3) is 0.417. The van der Waals surface area contributed by atoms with E-state index in [0.29, 0.717) is 0 Å². The van der Waals surface area contributed by atoms with Gasteiger partial charge >= 0.3 is 0 Å². The Hall–Kier alpha value is -1.91.